The van der Waals surface area contributed by atoms with Crippen molar-refractivity contribution in [2.75, 3.05) is 0 Å². The van der Waals surface area contributed by atoms with Gasteiger partial charge in [0, 0.05) is 11.5 Å². The number of hydrogen-bond donors (Lipinski definition) is 0. The van der Waals surface area contributed by atoms with Crippen LogP contribution in [0.15, 0.2) is 47.0 Å². The molecule has 0 saturated carbocycles. The highest BCUT2D eigenvalue weighted by atomic mass is 35.5. The highest BCUT2D eigenvalue weighted by molar-refractivity contribution is 6.39. The molecule has 26 heavy (non-hydrogen) atoms. The van der Waals surface area contributed by atoms with Crippen LogP contribution in [-0.4, -0.2) is 5.16 Å². The van der Waals surface area contributed by atoms with Crippen LogP contribution in [0.5, 0.6) is 5.75 Å². The van der Waals surface area contributed by atoms with Crippen molar-refractivity contribution in [3.63, 3.8) is 0 Å². The van der Waals surface area contributed by atoms with Crippen LogP contribution in [0.3, 0.4) is 0 Å². The summed E-state index contributed by atoms with van der Waals surface area (Å²) in [6, 6.07) is 14.3. The van der Waals surface area contributed by atoms with Crippen molar-refractivity contribution >= 4 is 23.2 Å². The van der Waals surface area contributed by atoms with Crippen molar-refractivity contribution < 1.29 is 9.26 Å². The molecule has 1 heterocycles. The smallest absolute Gasteiger partial charge is 0.146 e. The summed E-state index contributed by atoms with van der Waals surface area (Å²) in [5, 5.41) is 14.1. The zero-order valence-corrected chi connectivity index (χ0v) is 15.8. The van der Waals surface area contributed by atoms with E-state index in [-0.39, 0.29) is 12.5 Å². The second-order valence-electron chi connectivity index (χ2n) is 6.05. The molecule has 0 spiro atoms. The molecule has 0 unspecified atom stereocenters. The molecule has 3 aromatic rings. The van der Waals surface area contributed by atoms with E-state index in [4.69, 9.17) is 37.7 Å². The molecular weight excluding hydrogens is 371 g/mol. The third kappa shape index (κ3) is 3.70. The van der Waals surface area contributed by atoms with Crippen LogP contribution in [0.25, 0.3) is 11.3 Å². The lowest BCUT2D eigenvalue weighted by Crippen LogP contribution is -2.01. The highest BCUT2D eigenvalue weighted by Crippen LogP contribution is 2.38. The number of rotatable bonds is 5. The van der Waals surface area contributed by atoms with Gasteiger partial charge < -0.3 is 9.26 Å². The van der Waals surface area contributed by atoms with Crippen molar-refractivity contribution in [1.82, 2.24) is 5.16 Å². The van der Waals surface area contributed by atoms with Crippen molar-refractivity contribution in [2.45, 2.75) is 26.4 Å². The Morgan fingerprint density at radius 2 is 1.77 bits per heavy atom. The van der Waals surface area contributed by atoms with E-state index in [1.807, 2.05) is 13.8 Å². The molecule has 0 fully saturated rings. The van der Waals surface area contributed by atoms with E-state index in [0.29, 0.717) is 32.6 Å². The van der Waals surface area contributed by atoms with E-state index in [1.54, 1.807) is 42.5 Å². The third-order valence-corrected chi connectivity index (χ3v) is 4.54. The van der Waals surface area contributed by atoms with Crippen LogP contribution >= 0.6 is 23.2 Å². The number of nitriles is 1. The average molecular weight is 387 g/mol. The summed E-state index contributed by atoms with van der Waals surface area (Å²) in [5.41, 5.74) is 2.59. The minimum atomic E-state index is 0.122. The van der Waals surface area contributed by atoms with Gasteiger partial charge >= 0.3 is 0 Å². The highest BCUT2D eigenvalue weighted by Gasteiger charge is 2.23. The van der Waals surface area contributed by atoms with Crippen LogP contribution in [0.4, 0.5) is 0 Å². The van der Waals surface area contributed by atoms with Crippen LogP contribution < -0.4 is 4.74 Å². The van der Waals surface area contributed by atoms with Crippen LogP contribution in [0.1, 0.15) is 36.7 Å². The molecule has 0 aliphatic carbocycles. The van der Waals surface area contributed by atoms with Gasteiger partial charge in [0.15, 0.2) is 0 Å². The van der Waals surface area contributed by atoms with E-state index in [9.17, 15) is 0 Å². The topological polar surface area (TPSA) is 59.1 Å². The number of hydrogen-bond acceptors (Lipinski definition) is 4. The van der Waals surface area contributed by atoms with Crippen LogP contribution in [-0.2, 0) is 6.61 Å². The first-order valence-electron chi connectivity index (χ1n) is 8.07. The lowest BCUT2D eigenvalue weighted by molar-refractivity contribution is 0.298. The maximum Gasteiger partial charge on any atom is 0.146 e. The molecule has 0 aliphatic heterocycles. The number of ether oxygens (including phenoxy) is 1. The maximum absolute atomic E-state index is 8.88. The number of benzene rings is 2. The molecule has 0 aliphatic rings. The molecular formula is C20H16Cl2N2O2. The first-order chi connectivity index (χ1) is 12.5. The number of halogens is 2. The zero-order valence-electron chi connectivity index (χ0n) is 14.3. The normalized spacial score (nSPS) is 10.8. The molecule has 0 radical (unpaired) electrons. The quantitative estimate of drug-likeness (QED) is 0.521. The molecule has 132 valence electrons. The van der Waals surface area contributed by atoms with Gasteiger partial charge in [-0.25, -0.2) is 0 Å². The van der Waals surface area contributed by atoms with Gasteiger partial charge in [-0.1, -0.05) is 48.3 Å². The summed E-state index contributed by atoms with van der Waals surface area (Å²) in [6.07, 6.45) is 0. The minimum absolute atomic E-state index is 0.122. The Balaban J connectivity index is 1.97. The molecule has 0 atom stereocenters. The van der Waals surface area contributed by atoms with Crippen LogP contribution in [0, 0.1) is 11.3 Å². The van der Waals surface area contributed by atoms with Crippen molar-refractivity contribution in [2.24, 2.45) is 0 Å². The van der Waals surface area contributed by atoms with Gasteiger partial charge in [0.25, 0.3) is 0 Å². The van der Waals surface area contributed by atoms with Crippen molar-refractivity contribution in [3.05, 3.63) is 69.4 Å². The van der Waals surface area contributed by atoms with E-state index < -0.39 is 0 Å². The molecule has 0 bridgehead atoms. The van der Waals surface area contributed by atoms with E-state index in [2.05, 4.69) is 11.2 Å². The lowest BCUT2D eigenvalue weighted by Gasteiger charge is -2.10. The second-order valence-corrected chi connectivity index (χ2v) is 6.86. The standard InChI is InChI=1S/C20H16Cl2N2O2/c1-12(2)20-15(11-25-14-8-6-13(10-23)7-9-14)19(24-26-20)18-16(21)4-3-5-17(18)22/h3-9,12H,11H2,1-2H3. The predicted octanol–water partition coefficient (Wildman–Crippen LogP) is 6.22. The largest absolute Gasteiger partial charge is 0.489 e. The summed E-state index contributed by atoms with van der Waals surface area (Å²) in [4.78, 5) is 0. The fourth-order valence-electron chi connectivity index (χ4n) is 2.62. The fraction of sp³-hybridized carbons (Fsp3) is 0.200. The van der Waals surface area contributed by atoms with Gasteiger partial charge in [-0.2, -0.15) is 5.26 Å². The van der Waals surface area contributed by atoms with Gasteiger partial charge in [0.2, 0.25) is 0 Å². The molecule has 6 heteroatoms. The van der Waals surface area contributed by atoms with Gasteiger partial charge in [0.05, 0.1) is 27.2 Å². The van der Waals surface area contributed by atoms with Gasteiger partial charge in [-0.15, -0.1) is 0 Å². The first kappa shape index (κ1) is 18.3. The minimum Gasteiger partial charge on any atom is -0.489 e. The Bertz CT molecular complexity index is 937. The molecule has 3 rings (SSSR count). The Morgan fingerprint density at radius 1 is 1.12 bits per heavy atom. The molecule has 0 amide bonds. The Labute approximate surface area is 161 Å². The molecule has 4 nitrogen and oxygen atoms in total. The van der Waals surface area contributed by atoms with Gasteiger partial charge in [0.1, 0.15) is 23.8 Å². The summed E-state index contributed by atoms with van der Waals surface area (Å²) in [5.74, 6) is 1.50. The first-order valence-corrected chi connectivity index (χ1v) is 8.82. The van der Waals surface area contributed by atoms with Crippen molar-refractivity contribution in [1.29, 1.82) is 5.26 Å². The SMILES string of the molecule is CC(C)c1onc(-c2c(Cl)cccc2Cl)c1COc1ccc(C#N)cc1. The summed E-state index contributed by atoms with van der Waals surface area (Å²) < 4.78 is 11.4. The van der Waals surface area contributed by atoms with E-state index in [1.165, 1.54) is 0 Å². The second kappa shape index (κ2) is 7.82. The van der Waals surface area contributed by atoms with Gasteiger partial charge in [-0.05, 0) is 36.4 Å². The summed E-state index contributed by atoms with van der Waals surface area (Å²) in [7, 11) is 0. The molecule has 1 aromatic heterocycles. The van der Waals surface area contributed by atoms with E-state index >= 15 is 0 Å². The lowest BCUT2D eigenvalue weighted by atomic mass is 10.0. The third-order valence-electron chi connectivity index (χ3n) is 3.91. The average Bonchev–Trinajstić information content (AvgIpc) is 3.04. The fourth-order valence-corrected chi connectivity index (χ4v) is 3.19. The predicted molar refractivity (Wildman–Crippen MR) is 102 cm³/mol. The number of aromatic nitrogens is 1. The van der Waals surface area contributed by atoms with Crippen molar-refractivity contribution in [3.8, 4) is 23.1 Å². The molecule has 0 N–H and O–H groups in total. The zero-order chi connectivity index (χ0) is 18.7. The maximum atomic E-state index is 8.88. The molecule has 2 aromatic carbocycles. The van der Waals surface area contributed by atoms with Gasteiger partial charge in [-0.3, -0.25) is 0 Å². The Morgan fingerprint density at radius 3 is 2.35 bits per heavy atom. The molecule has 0 saturated heterocycles. The summed E-state index contributed by atoms with van der Waals surface area (Å²) in [6.45, 7) is 4.28. The van der Waals surface area contributed by atoms with E-state index in [0.717, 1.165) is 11.3 Å². The Kier molecular flexibility index (Phi) is 5.51. The van der Waals surface area contributed by atoms with Crippen LogP contribution in [0.2, 0.25) is 10.0 Å². The summed E-state index contributed by atoms with van der Waals surface area (Å²) >= 11 is 12.7. The monoisotopic (exact) mass is 386 g/mol. The Hall–Kier alpha value is -2.48. The number of nitrogens with zero attached hydrogens (tertiary/aromatic N) is 2.